The minimum absolute atomic E-state index is 0.324. The monoisotopic (exact) mass is 180 g/mol. The lowest BCUT2D eigenvalue weighted by atomic mass is 9.98. The summed E-state index contributed by atoms with van der Waals surface area (Å²) in [5, 5.41) is 45.0. The van der Waals surface area contributed by atoms with Gasteiger partial charge >= 0.3 is 0 Å². The first-order valence-corrected chi connectivity index (χ1v) is 3.52. The third kappa shape index (κ3) is 1.45. The Morgan fingerprint density at radius 3 is 2.42 bits per heavy atom. The Labute approximate surface area is 68.6 Å². The summed E-state index contributed by atoms with van der Waals surface area (Å²) in [4.78, 5) is 0. The summed E-state index contributed by atoms with van der Waals surface area (Å²) >= 11 is 0. The zero-order valence-corrected chi connectivity index (χ0v) is 6.29. The molecule has 72 valence electrons. The molecule has 0 saturated carbocycles. The Balaban J connectivity index is 2.71. The number of aliphatic hydroxyl groups is 5. The molecule has 0 amide bonds. The molecule has 6 heteroatoms. The van der Waals surface area contributed by atoms with Gasteiger partial charge in [-0.25, -0.2) is 0 Å². The van der Waals surface area contributed by atoms with Crippen LogP contribution in [0.3, 0.4) is 0 Å². The second-order valence-corrected chi connectivity index (χ2v) is 2.82. The van der Waals surface area contributed by atoms with Crippen molar-refractivity contribution in [1.29, 1.82) is 0 Å². The third-order valence-electron chi connectivity index (χ3n) is 1.91. The zero-order chi connectivity index (χ0) is 9.35. The van der Waals surface area contributed by atoms with Gasteiger partial charge in [0.1, 0.15) is 18.3 Å². The molecule has 1 saturated heterocycles. The van der Waals surface area contributed by atoms with Gasteiger partial charge in [-0.15, -0.1) is 0 Å². The highest BCUT2D eigenvalue weighted by Gasteiger charge is 2.47. The number of rotatable bonds is 1. The van der Waals surface area contributed by atoms with E-state index in [1.807, 2.05) is 0 Å². The zero-order valence-electron chi connectivity index (χ0n) is 6.29. The van der Waals surface area contributed by atoms with Crippen molar-refractivity contribution in [2.45, 2.75) is 24.1 Å². The molecule has 1 unspecified atom stereocenters. The van der Waals surface area contributed by atoms with E-state index in [2.05, 4.69) is 4.74 Å². The molecule has 1 heterocycles. The van der Waals surface area contributed by atoms with Crippen molar-refractivity contribution in [3.8, 4) is 0 Å². The van der Waals surface area contributed by atoms with Crippen LogP contribution >= 0.6 is 0 Å². The average Bonchev–Trinajstić information content (AvgIpc) is 2.09. The van der Waals surface area contributed by atoms with Crippen molar-refractivity contribution in [1.82, 2.24) is 0 Å². The van der Waals surface area contributed by atoms with E-state index in [1.165, 1.54) is 0 Å². The molecule has 5 N–H and O–H groups in total. The van der Waals surface area contributed by atoms with E-state index in [1.54, 1.807) is 0 Å². The molecule has 1 aliphatic heterocycles. The molecular weight excluding hydrogens is 168 g/mol. The molecule has 1 aliphatic rings. The van der Waals surface area contributed by atoms with Gasteiger partial charge in [0.15, 0.2) is 0 Å². The maximum Gasteiger partial charge on any atom is 0.218 e. The molecule has 0 bridgehead atoms. The van der Waals surface area contributed by atoms with E-state index in [4.69, 9.17) is 20.4 Å². The predicted octanol–water partition coefficient (Wildman–Crippen LogP) is -3.22. The first-order chi connectivity index (χ1) is 5.51. The summed E-state index contributed by atoms with van der Waals surface area (Å²) in [6, 6.07) is 0. The van der Waals surface area contributed by atoms with Crippen molar-refractivity contribution in [3.05, 3.63) is 0 Å². The Morgan fingerprint density at radius 2 is 1.92 bits per heavy atom. The summed E-state index contributed by atoms with van der Waals surface area (Å²) in [5.74, 6) is -2.17. The number of aliphatic hydroxyl groups excluding tert-OH is 4. The highest BCUT2D eigenvalue weighted by atomic mass is 16.7. The Bertz CT molecular complexity index is 162. The molecule has 0 radical (unpaired) electrons. The standard InChI is InChI=1S/C6H12O6/c7-2-6(11)5(10)4(9)3(8)1-12-6/h3-5,7-11H,1-2H2/t3-,4-,5-,6?/m0/s1. The first-order valence-electron chi connectivity index (χ1n) is 3.52. The molecule has 6 nitrogen and oxygen atoms in total. The summed E-state index contributed by atoms with van der Waals surface area (Å²) in [6.45, 7) is -1.16. The molecule has 0 spiro atoms. The van der Waals surface area contributed by atoms with Gasteiger partial charge in [0.25, 0.3) is 0 Å². The van der Waals surface area contributed by atoms with Crippen LogP contribution in [0.4, 0.5) is 0 Å². The molecule has 1 rings (SSSR count). The van der Waals surface area contributed by atoms with E-state index in [0.717, 1.165) is 0 Å². The Hall–Kier alpha value is -0.240. The van der Waals surface area contributed by atoms with Gasteiger partial charge in [0, 0.05) is 0 Å². The van der Waals surface area contributed by atoms with Gasteiger partial charge in [-0.3, -0.25) is 0 Å². The number of hydrogen-bond acceptors (Lipinski definition) is 6. The Kier molecular flexibility index (Phi) is 2.67. The van der Waals surface area contributed by atoms with E-state index in [0.29, 0.717) is 0 Å². The van der Waals surface area contributed by atoms with Crippen LogP contribution in [0.25, 0.3) is 0 Å². The maximum absolute atomic E-state index is 9.24. The molecule has 0 aromatic heterocycles. The second-order valence-electron chi connectivity index (χ2n) is 2.82. The molecule has 0 aliphatic carbocycles. The van der Waals surface area contributed by atoms with Crippen molar-refractivity contribution in [2.24, 2.45) is 0 Å². The van der Waals surface area contributed by atoms with Crippen LogP contribution in [-0.4, -0.2) is 62.8 Å². The highest BCUT2D eigenvalue weighted by molar-refractivity contribution is 4.90. The van der Waals surface area contributed by atoms with Crippen molar-refractivity contribution < 1.29 is 30.3 Å². The SMILES string of the molecule is OCC1(O)OC[C@H](O)[C@H](O)[C@@H]1O. The fourth-order valence-electron chi connectivity index (χ4n) is 1.03. The van der Waals surface area contributed by atoms with Crippen LogP contribution in [0.5, 0.6) is 0 Å². The van der Waals surface area contributed by atoms with Gasteiger partial charge in [0.2, 0.25) is 5.79 Å². The number of hydrogen-bond donors (Lipinski definition) is 5. The summed E-state index contributed by atoms with van der Waals surface area (Å²) in [6.07, 6.45) is -4.45. The van der Waals surface area contributed by atoms with E-state index in [-0.39, 0.29) is 6.61 Å². The van der Waals surface area contributed by atoms with E-state index in [9.17, 15) is 5.11 Å². The highest BCUT2D eigenvalue weighted by Crippen LogP contribution is 2.22. The fraction of sp³-hybridized carbons (Fsp3) is 1.00. The van der Waals surface area contributed by atoms with Crippen molar-refractivity contribution in [3.63, 3.8) is 0 Å². The van der Waals surface area contributed by atoms with Gasteiger partial charge < -0.3 is 30.3 Å². The van der Waals surface area contributed by atoms with Crippen LogP contribution in [0.15, 0.2) is 0 Å². The quantitative estimate of drug-likeness (QED) is 0.290. The first kappa shape index (κ1) is 9.85. The van der Waals surface area contributed by atoms with Crippen LogP contribution in [-0.2, 0) is 4.74 Å². The lowest BCUT2D eigenvalue weighted by Crippen LogP contribution is -2.62. The summed E-state index contributed by atoms with van der Waals surface area (Å²) < 4.78 is 4.56. The molecule has 0 aromatic rings. The second kappa shape index (κ2) is 3.25. The van der Waals surface area contributed by atoms with E-state index >= 15 is 0 Å². The van der Waals surface area contributed by atoms with Crippen LogP contribution in [0, 0.1) is 0 Å². The lowest BCUT2D eigenvalue weighted by Gasteiger charge is -2.40. The van der Waals surface area contributed by atoms with Gasteiger partial charge in [-0.1, -0.05) is 0 Å². The van der Waals surface area contributed by atoms with Gasteiger partial charge in [0.05, 0.1) is 13.2 Å². The van der Waals surface area contributed by atoms with Gasteiger partial charge in [-0.05, 0) is 0 Å². The summed E-state index contributed by atoms with van der Waals surface area (Å²) in [5.41, 5.74) is 0. The van der Waals surface area contributed by atoms with Crippen LogP contribution in [0.2, 0.25) is 0 Å². The lowest BCUT2D eigenvalue weighted by molar-refractivity contribution is -0.331. The maximum atomic E-state index is 9.24. The third-order valence-corrected chi connectivity index (χ3v) is 1.91. The minimum Gasteiger partial charge on any atom is -0.391 e. The smallest absolute Gasteiger partial charge is 0.218 e. The molecule has 12 heavy (non-hydrogen) atoms. The topological polar surface area (TPSA) is 110 Å². The van der Waals surface area contributed by atoms with Crippen LogP contribution in [0.1, 0.15) is 0 Å². The van der Waals surface area contributed by atoms with Crippen molar-refractivity contribution >= 4 is 0 Å². The molecule has 4 atom stereocenters. The predicted molar refractivity (Wildman–Crippen MR) is 36.0 cm³/mol. The fourth-order valence-corrected chi connectivity index (χ4v) is 1.03. The van der Waals surface area contributed by atoms with Crippen LogP contribution < -0.4 is 0 Å². The Morgan fingerprint density at radius 1 is 1.33 bits per heavy atom. The normalized spacial score (nSPS) is 49.2. The molecule has 1 fully saturated rings. The average molecular weight is 180 g/mol. The minimum atomic E-state index is -2.17. The molecular formula is C6H12O6. The number of ether oxygens (including phenoxy) is 1. The largest absolute Gasteiger partial charge is 0.391 e. The van der Waals surface area contributed by atoms with Crippen molar-refractivity contribution in [2.75, 3.05) is 13.2 Å². The molecule has 0 aromatic carbocycles. The van der Waals surface area contributed by atoms with E-state index < -0.39 is 30.7 Å². The van der Waals surface area contributed by atoms with Gasteiger partial charge in [-0.2, -0.15) is 0 Å². The summed E-state index contributed by atoms with van der Waals surface area (Å²) in [7, 11) is 0.